The van der Waals surface area contributed by atoms with Gasteiger partial charge in [-0.05, 0) is 26.7 Å². The van der Waals surface area contributed by atoms with Crippen LogP contribution in [-0.4, -0.2) is 82.8 Å². The standard InChI is InChI=1S/C24H16F12N4O10/c1-17(7-37,5-3-9(41)11-13(43)47-19(21(25,26)27,22(28,29)30)48-14(11)44)39-40-18(2,8-38)6-4-10(42)12-15(45)49-20(23(31,32)33,24(34,35)36)50-16(12)46/h11-12H,3-6H2,1-2H3. The summed E-state index contributed by atoms with van der Waals surface area (Å²) < 4.78 is 170. The van der Waals surface area contributed by atoms with Gasteiger partial charge in [-0.3, -0.25) is 28.8 Å². The average molecular weight is 748 g/mol. The van der Waals surface area contributed by atoms with Crippen molar-refractivity contribution in [2.45, 2.75) is 86.9 Å². The SMILES string of the molecule is CC(C#N)(CCC(=O)C1C(=O)OC(C(F)(F)F)(C(F)(F)F)OC1=O)N=NC(C)(C#N)CCC(=O)C1C(=O)OC(C(F)(F)F)(C(F)(F)F)OC1=O. The van der Waals surface area contributed by atoms with Crippen molar-refractivity contribution in [2.24, 2.45) is 22.1 Å². The second kappa shape index (κ2) is 13.0. The van der Waals surface area contributed by atoms with E-state index in [0.717, 1.165) is 13.8 Å². The summed E-state index contributed by atoms with van der Waals surface area (Å²) in [4.78, 5) is 72.8. The van der Waals surface area contributed by atoms with Crippen molar-refractivity contribution in [1.82, 2.24) is 0 Å². The highest BCUT2D eigenvalue weighted by molar-refractivity contribution is 6.16. The molecular formula is C24H16F12N4O10. The normalized spacial score (nSPS) is 21.4. The second-order valence-corrected chi connectivity index (χ2v) is 10.7. The highest BCUT2D eigenvalue weighted by Gasteiger charge is 2.82. The zero-order valence-corrected chi connectivity index (χ0v) is 24.4. The summed E-state index contributed by atoms with van der Waals surface area (Å²) in [6, 6.07) is 2.89. The molecule has 2 saturated heterocycles. The summed E-state index contributed by atoms with van der Waals surface area (Å²) in [5.74, 6) is -31.2. The van der Waals surface area contributed by atoms with Crippen LogP contribution in [0.2, 0.25) is 0 Å². The van der Waals surface area contributed by atoms with Gasteiger partial charge in [0.2, 0.25) is 11.8 Å². The van der Waals surface area contributed by atoms with Gasteiger partial charge >= 0.3 is 60.2 Å². The summed E-state index contributed by atoms with van der Waals surface area (Å²) in [5, 5.41) is 25.9. The third-order valence-electron chi connectivity index (χ3n) is 6.75. The molecule has 2 heterocycles. The topological polar surface area (TPSA) is 212 Å². The fraction of sp³-hybridized carbons (Fsp3) is 0.667. The van der Waals surface area contributed by atoms with Gasteiger partial charge in [-0.1, -0.05) is 0 Å². The molecule has 0 saturated carbocycles. The van der Waals surface area contributed by atoms with E-state index in [1.807, 2.05) is 0 Å². The number of nitriles is 2. The van der Waals surface area contributed by atoms with Gasteiger partial charge in [0.1, 0.15) is 0 Å². The van der Waals surface area contributed by atoms with Gasteiger partial charge in [-0.15, -0.1) is 0 Å². The number of hydrogen-bond donors (Lipinski definition) is 0. The molecule has 0 aromatic carbocycles. The van der Waals surface area contributed by atoms with Gasteiger partial charge in [0.05, 0.1) is 12.1 Å². The summed E-state index contributed by atoms with van der Waals surface area (Å²) in [6.07, 6.45) is -30.3. The minimum absolute atomic E-state index is 0.865. The van der Waals surface area contributed by atoms with Crippen molar-refractivity contribution in [1.29, 1.82) is 10.5 Å². The smallest absolute Gasteiger partial charge is 0.406 e. The Morgan fingerprint density at radius 1 is 0.580 bits per heavy atom. The number of ether oxygens (including phenoxy) is 4. The Kier molecular flexibility index (Phi) is 10.7. The predicted molar refractivity (Wildman–Crippen MR) is 122 cm³/mol. The van der Waals surface area contributed by atoms with E-state index in [1.54, 1.807) is 0 Å². The number of rotatable bonds is 10. The number of carbonyl (C=O) groups excluding carboxylic acids is 6. The van der Waals surface area contributed by atoms with E-state index >= 15 is 0 Å². The molecule has 50 heavy (non-hydrogen) atoms. The number of carbonyl (C=O) groups is 6. The number of hydrogen-bond acceptors (Lipinski definition) is 14. The van der Waals surface area contributed by atoms with E-state index in [9.17, 15) is 92.0 Å². The maximum absolute atomic E-state index is 13.1. The van der Waals surface area contributed by atoms with Crippen LogP contribution in [0.15, 0.2) is 10.2 Å². The summed E-state index contributed by atoms with van der Waals surface area (Å²) >= 11 is 0. The quantitative estimate of drug-likeness (QED) is 0.135. The number of halogens is 12. The van der Waals surface area contributed by atoms with Crippen molar-refractivity contribution in [3.8, 4) is 12.1 Å². The molecule has 0 aromatic heterocycles. The Hall–Kier alpha value is -5.04. The molecule has 0 N–H and O–H groups in total. The average Bonchev–Trinajstić information content (AvgIpc) is 2.95. The number of azo groups is 1. The van der Waals surface area contributed by atoms with Crippen LogP contribution < -0.4 is 0 Å². The zero-order chi connectivity index (χ0) is 39.1. The molecule has 2 aliphatic rings. The molecular weight excluding hydrogens is 732 g/mol. The van der Waals surface area contributed by atoms with E-state index in [4.69, 9.17) is 0 Å². The lowest BCUT2D eigenvalue weighted by Crippen LogP contribution is -2.66. The number of ketones is 2. The van der Waals surface area contributed by atoms with Gasteiger partial charge in [-0.25, -0.2) is 0 Å². The number of cyclic esters (lactones) is 4. The Morgan fingerprint density at radius 2 is 0.800 bits per heavy atom. The largest absolute Gasteiger partial charge is 0.478 e. The Morgan fingerprint density at radius 3 is 0.980 bits per heavy atom. The lowest BCUT2D eigenvalue weighted by atomic mass is 9.91. The van der Waals surface area contributed by atoms with E-state index in [-0.39, 0.29) is 0 Å². The molecule has 2 fully saturated rings. The lowest BCUT2D eigenvalue weighted by molar-refractivity contribution is -0.450. The molecule has 0 spiro atoms. The third kappa shape index (κ3) is 7.57. The van der Waals surface area contributed by atoms with Gasteiger partial charge in [0.25, 0.3) is 0 Å². The van der Waals surface area contributed by atoms with Crippen LogP contribution in [0.3, 0.4) is 0 Å². The first-order valence-corrected chi connectivity index (χ1v) is 12.9. The van der Waals surface area contributed by atoms with Crippen LogP contribution in [0.5, 0.6) is 0 Å². The van der Waals surface area contributed by atoms with Gasteiger partial charge < -0.3 is 18.9 Å². The summed E-state index contributed by atoms with van der Waals surface area (Å²) in [6.45, 7) is 1.73. The minimum Gasteiger partial charge on any atom is -0.406 e. The first-order valence-electron chi connectivity index (χ1n) is 12.9. The van der Waals surface area contributed by atoms with E-state index in [1.165, 1.54) is 12.1 Å². The number of alkyl halides is 12. The Bertz CT molecular complexity index is 1390. The first-order chi connectivity index (χ1) is 22.4. The molecule has 0 aromatic rings. The number of Topliss-reactive ketones (excluding diaryl/α,β-unsaturated/α-hetero) is 2. The fourth-order valence-electron chi connectivity index (χ4n) is 3.85. The summed E-state index contributed by atoms with van der Waals surface area (Å²) in [5.41, 5.74) is -4.51. The van der Waals surface area contributed by atoms with E-state index < -0.39 is 120 Å². The maximum Gasteiger partial charge on any atom is 0.478 e. The number of nitrogens with zero attached hydrogens (tertiary/aromatic N) is 4. The highest BCUT2D eigenvalue weighted by atomic mass is 19.4. The molecule has 276 valence electrons. The zero-order valence-electron chi connectivity index (χ0n) is 24.4. The minimum atomic E-state index is -6.53. The molecule has 0 radical (unpaired) electrons. The Balaban J connectivity index is 2.15. The van der Waals surface area contributed by atoms with Crippen LogP contribution in [0.25, 0.3) is 0 Å². The molecule has 2 atom stereocenters. The molecule has 0 bridgehead atoms. The Labute approximate surface area is 268 Å². The highest BCUT2D eigenvalue weighted by Crippen LogP contribution is 2.50. The third-order valence-corrected chi connectivity index (χ3v) is 6.75. The van der Waals surface area contributed by atoms with Crippen LogP contribution in [-0.2, 0) is 47.7 Å². The van der Waals surface area contributed by atoms with Crippen molar-refractivity contribution in [2.75, 3.05) is 0 Å². The van der Waals surface area contributed by atoms with Crippen LogP contribution in [0.4, 0.5) is 52.7 Å². The summed E-state index contributed by atoms with van der Waals surface area (Å²) in [7, 11) is 0. The maximum atomic E-state index is 13.1. The van der Waals surface area contributed by atoms with Crippen molar-refractivity contribution in [3.05, 3.63) is 0 Å². The monoisotopic (exact) mass is 748 g/mol. The van der Waals surface area contributed by atoms with Crippen molar-refractivity contribution in [3.63, 3.8) is 0 Å². The second-order valence-electron chi connectivity index (χ2n) is 10.7. The molecule has 26 heteroatoms. The van der Waals surface area contributed by atoms with Crippen molar-refractivity contribution >= 4 is 35.4 Å². The predicted octanol–water partition coefficient (Wildman–Crippen LogP) is 3.78. The molecule has 2 unspecified atom stereocenters. The first kappa shape index (κ1) is 41.1. The lowest BCUT2D eigenvalue weighted by Gasteiger charge is -2.39. The van der Waals surface area contributed by atoms with Gasteiger partial charge in [0, 0.05) is 12.8 Å². The molecule has 2 aliphatic heterocycles. The van der Waals surface area contributed by atoms with E-state index in [0.29, 0.717) is 0 Å². The fourth-order valence-corrected chi connectivity index (χ4v) is 3.85. The van der Waals surface area contributed by atoms with Crippen LogP contribution in [0.1, 0.15) is 39.5 Å². The molecule has 2 rings (SSSR count). The van der Waals surface area contributed by atoms with Crippen LogP contribution in [0, 0.1) is 34.5 Å². The van der Waals surface area contributed by atoms with E-state index in [2.05, 4.69) is 29.2 Å². The van der Waals surface area contributed by atoms with Crippen molar-refractivity contribution < 1.29 is 100 Å². The molecule has 0 amide bonds. The molecule has 0 aliphatic carbocycles. The van der Waals surface area contributed by atoms with Crippen LogP contribution >= 0.6 is 0 Å². The van der Waals surface area contributed by atoms with Gasteiger partial charge in [-0.2, -0.15) is 73.4 Å². The molecule has 14 nitrogen and oxygen atoms in total. The number of esters is 4. The van der Waals surface area contributed by atoms with Gasteiger partial charge in [0.15, 0.2) is 22.6 Å².